The fourth-order valence-corrected chi connectivity index (χ4v) is 3.36. The summed E-state index contributed by atoms with van der Waals surface area (Å²) in [5.74, 6) is -0.208. The Morgan fingerprint density at radius 2 is 2.08 bits per heavy atom. The summed E-state index contributed by atoms with van der Waals surface area (Å²) in [6, 6.07) is 5.91. The Morgan fingerprint density at radius 1 is 1.29 bits per heavy atom. The number of hydrogen-bond donors (Lipinski definition) is 1. The second-order valence-electron chi connectivity index (χ2n) is 6.43. The first kappa shape index (κ1) is 17.2. The first-order valence-corrected chi connectivity index (χ1v) is 8.21. The van der Waals surface area contributed by atoms with Gasteiger partial charge in [0, 0.05) is 18.8 Å². The van der Waals surface area contributed by atoms with E-state index >= 15 is 0 Å². The average Bonchev–Trinajstić information content (AvgIpc) is 2.93. The number of morpholine rings is 1. The summed E-state index contributed by atoms with van der Waals surface area (Å²) in [7, 11) is 0. The van der Waals surface area contributed by atoms with Crippen LogP contribution >= 0.6 is 0 Å². The van der Waals surface area contributed by atoms with Crippen molar-refractivity contribution >= 4 is 11.6 Å². The highest BCUT2D eigenvalue weighted by molar-refractivity contribution is 5.92. The van der Waals surface area contributed by atoms with Crippen molar-refractivity contribution in [3.05, 3.63) is 29.3 Å². The molecule has 1 aliphatic carbocycles. The molecule has 0 aromatic heterocycles. The van der Waals surface area contributed by atoms with Crippen LogP contribution < -0.4 is 5.32 Å². The zero-order chi connectivity index (χ0) is 17.2. The van der Waals surface area contributed by atoms with Gasteiger partial charge in [0.05, 0.1) is 25.7 Å². The number of carbonyl (C=O) groups is 1. The van der Waals surface area contributed by atoms with Gasteiger partial charge in [-0.15, -0.1) is 0 Å². The van der Waals surface area contributed by atoms with E-state index in [1.807, 2.05) is 18.2 Å². The number of halogens is 3. The van der Waals surface area contributed by atoms with Crippen LogP contribution in [0.1, 0.15) is 24.0 Å². The minimum Gasteiger partial charge on any atom is -0.375 e. The van der Waals surface area contributed by atoms with E-state index < -0.39 is 18.7 Å². The molecular formula is C17H21F3N2O2. The predicted octanol–water partition coefficient (Wildman–Crippen LogP) is 2.77. The number of nitrogens with one attached hydrogen (secondary N) is 1. The lowest BCUT2D eigenvalue weighted by molar-refractivity contribution is -0.170. The summed E-state index contributed by atoms with van der Waals surface area (Å²) in [6.45, 7) is 0.880. The topological polar surface area (TPSA) is 41.6 Å². The Labute approximate surface area is 139 Å². The zero-order valence-corrected chi connectivity index (χ0v) is 13.4. The van der Waals surface area contributed by atoms with Crippen LogP contribution in [0.15, 0.2) is 18.2 Å². The molecule has 1 atom stereocenters. The van der Waals surface area contributed by atoms with Crippen molar-refractivity contribution in [1.82, 2.24) is 4.90 Å². The Bertz CT molecular complexity index is 604. The molecule has 1 N–H and O–H groups in total. The van der Waals surface area contributed by atoms with Crippen molar-refractivity contribution in [3.8, 4) is 0 Å². The minimum absolute atomic E-state index is 0.0782. The SMILES string of the molecule is O=C(CN1CCOC(CC(F)(F)F)C1)Nc1ccc2c(c1)CCC2. The zero-order valence-electron chi connectivity index (χ0n) is 13.4. The molecule has 1 fully saturated rings. The lowest BCUT2D eigenvalue weighted by Gasteiger charge is -2.32. The second-order valence-corrected chi connectivity index (χ2v) is 6.43. The smallest absolute Gasteiger partial charge is 0.375 e. The molecule has 7 heteroatoms. The first-order valence-electron chi connectivity index (χ1n) is 8.21. The summed E-state index contributed by atoms with van der Waals surface area (Å²) >= 11 is 0. The Kier molecular flexibility index (Phi) is 5.10. The molecule has 3 rings (SSSR count). The van der Waals surface area contributed by atoms with Crippen LogP contribution in [0, 0.1) is 0 Å². The molecule has 4 nitrogen and oxygen atoms in total. The maximum absolute atomic E-state index is 12.4. The van der Waals surface area contributed by atoms with Crippen molar-refractivity contribution < 1.29 is 22.7 Å². The van der Waals surface area contributed by atoms with Crippen molar-refractivity contribution in [3.63, 3.8) is 0 Å². The van der Waals surface area contributed by atoms with Gasteiger partial charge >= 0.3 is 6.18 Å². The van der Waals surface area contributed by atoms with Crippen molar-refractivity contribution in [2.45, 2.75) is 38.0 Å². The molecule has 0 radical (unpaired) electrons. The lowest BCUT2D eigenvalue weighted by atomic mass is 10.1. The van der Waals surface area contributed by atoms with Crippen LogP contribution in [0.25, 0.3) is 0 Å². The van der Waals surface area contributed by atoms with Gasteiger partial charge < -0.3 is 10.1 Å². The molecule has 1 heterocycles. The van der Waals surface area contributed by atoms with Gasteiger partial charge in [0.25, 0.3) is 0 Å². The number of rotatable bonds is 4. The van der Waals surface area contributed by atoms with Gasteiger partial charge in [-0.1, -0.05) is 6.07 Å². The first-order chi connectivity index (χ1) is 11.4. The van der Waals surface area contributed by atoms with E-state index in [9.17, 15) is 18.0 Å². The molecule has 1 aromatic rings. The third-order valence-electron chi connectivity index (χ3n) is 4.43. The van der Waals surface area contributed by atoms with Crippen LogP contribution in [0.2, 0.25) is 0 Å². The van der Waals surface area contributed by atoms with Crippen LogP contribution in [0.3, 0.4) is 0 Å². The van der Waals surface area contributed by atoms with Crippen LogP contribution in [-0.4, -0.2) is 49.3 Å². The Hall–Kier alpha value is -1.60. The standard InChI is InChI=1S/C17H21F3N2O2/c18-17(19,20)9-15-10-22(6-7-24-15)11-16(23)21-14-5-4-12-2-1-3-13(12)8-14/h4-5,8,15H,1-3,6-7,9-11H2,(H,21,23). The van der Waals surface area contributed by atoms with Gasteiger partial charge in [-0.05, 0) is 42.5 Å². The number of aryl methyl sites for hydroxylation is 2. The molecule has 1 aromatic carbocycles. The summed E-state index contributed by atoms with van der Waals surface area (Å²) in [5, 5.41) is 2.84. The van der Waals surface area contributed by atoms with Crippen LogP contribution in [-0.2, 0) is 22.4 Å². The molecule has 1 amide bonds. The maximum Gasteiger partial charge on any atom is 0.391 e. The van der Waals surface area contributed by atoms with Crippen LogP contribution in [0.4, 0.5) is 18.9 Å². The van der Waals surface area contributed by atoms with E-state index in [1.54, 1.807) is 4.90 Å². The van der Waals surface area contributed by atoms with E-state index in [0.717, 1.165) is 24.9 Å². The number of alkyl halides is 3. The fourth-order valence-electron chi connectivity index (χ4n) is 3.36. The van der Waals surface area contributed by atoms with E-state index in [-0.39, 0.29) is 25.6 Å². The number of amides is 1. The fraction of sp³-hybridized carbons (Fsp3) is 0.588. The van der Waals surface area contributed by atoms with E-state index in [1.165, 1.54) is 11.1 Å². The number of carbonyl (C=O) groups excluding carboxylic acids is 1. The van der Waals surface area contributed by atoms with Gasteiger partial charge in [-0.2, -0.15) is 13.2 Å². The number of nitrogens with zero attached hydrogens (tertiary/aromatic N) is 1. The van der Waals surface area contributed by atoms with Gasteiger partial charge in [-0.3, -0.25) is 9.69 Å². The summed E-state index contributed by atoms with van der Waals surface area (Å²) in [6.07, 6.45) is -2.87. The second kappa shape index (κ2) is 7.11. The number of fused-ring (bicyclic) bond motifs is 1. The largest absolute Gasteiger partial charge is 0.391 e. The minimum atomic E-state index is -4.25. The molecule has 0 saturated carbocycles. The quantitative estimate of drug-likeness (QED) is 0.915. The van der Waals surface area contributed by atoms with Gasteiger partial charge in [0.2, 0.25) is 5.91 Å². The van der Waals surface area contributed by atoms with Crippen molar-refractivity contribution in [2.75, 3.05) is 31.6 Å². The molecule has 132 valence electrons. The molecule has 1 aliphatic heterocycles. The molecule has 1 unspecified atom stereocenters. The summed E-state index contributed by atoms with van der Waals surface area (Å²) in [5.41, 5.74) is 3.35. The Balaban J connectivity index is 1.51. The number of anilines is 1. The van der Waals surface area contributed by atoms with Crippen molar-refractivity contribution in [1.29, 1.82) is 0 Å². The lowest BCUT2D eigenvalue weighted by Crippen LogP contribution is -2.46. The molecule has 2 aliphatic rings. The summed E-state index contributed by atoms with van der Waals surface area (Å²) < 4.78 is 42.5. The normalized spacial score (nSPS) is 21.5. The van der Waals surface area contributed by atoms with Crippen molar-refractivity contribution in [2.24, 2.45) is 0 Å². The summed E-state index contributed by atoms with van der Waals surface area (Å²) in [4.78, 5) is 13.9. The molecule has 0 bridgehead atoms. The molecular weight excluding hydrogens is 321 g/mol. The predicted molar refractivity (Wildman–Crippen MR) is 83.9 cm³/mol. The monoisotopic (exact) mass is 342 g/mol. The molecule has 24 heavy (non-hydrogen) atoms. The number of ether oxygens (including phenoxy) is 1. The van der Waals surface area contributed by atoms with Gasteiger partial charge in [0.1, 0.15) is 0 Å². The van der Waals surface area contributed by atoms with E-state index in [2.05, 4.69) is 5.32 Å². The average molecular weight is 342 g/mol. The van der Waals surface area contributed by atoms with Crippen LogP contribution in [0.5, 0.6) is 0 Å². The van der Waals surface area contributed by atoms with Gasteiger partial charge in [-0.25, -0.2) is 0 Å². The molecule has 0 spiro atoms. The third kappa shape index (κ3) is 4.70. The van der Waals surface area contributed by atoms with Gasteiger partial charge in [0.15, 0.2) is 0 Å². The maximum atomic E-state index is 12.4. The Morgan fingerprint density at radius 3 is 2.88 bits per heavy atom. The van der Waals surface area contributed by atoms with E-state index in [0.29, 0.717) is 6.54 Å². The number of benzene rings is 1. The molecule has 1 saturated heterocycles. The highest BCUT2D eigenvalue weighted by Crippen LogP contribution is 2.26. The highest BCUT2D eigenvalue weighted by Gasteiger charge is 2.35. The van der Waals surface area contributed by atoms with E-state index in [4.69, 9.17) is 4.74 Å². The number of hydrogen-bond acceptors (Lipinski definition) is 3. The third-order valence-corrected chi connectivity index (χ3v) is 4.43. The highest BCUT2D eigenvalue weighted by atomic mass is 19.4.